The zero-order valence-electron chi connectivity index (χ0n) is 6.90. The van der Waals surface area contributed by atoms with Crippen LogP contribution in [0.1, 0.15) is 10.4 Å². The van der Waals surface area contributed by atoms with E-state index in [2.05, 4.69) is 15.2 Å². The molecular formula is C9H6NO2S. The molecule has 0 aliphatic carbocycles. The summed E-state index contributed by atoms with van der Waals surface area (Å²) < 4.78 is 5.61. The average molecular weight is 192 g/mol. The highest BCUT2D eigenvalue weighted by atomic mass is 32.1. The van der Waals surface area contributed by atoms with E-state index >= 15 is 0 Å². The Morgan fingerprint density at radius 1 is 1.62 bits per heavy atom. The van der Waals surface area contributed by atoms with Crippen molar-refractivity contribution in [2.75, 3.05) is 7.11 Å². The Morgan fingerprint density at radius 2 is 2.46 bits per heavy atom. The van der Waals surface area contributed by atoms with Crippen molar-refractivity contribution < 1.29 is 9.53 Å². The van der Waals surface area contributed by atoms with Gasteiger partial charge < -0.3 is 4.74 Å². The molecule has 0 atom stereocenters. The topological polar surface area (TPSA) is 39.2 Å². The number of thiazole rings is 1. The van der Waals surface area contributed by atoms with E-state index < -0.39 is 0 Å². The first-order chi connectivity index (χ1) is 6.31. The molecule has 0 N–H and O–H groups in total. The number of methoxy groups -OCH3 is 1. The van der Waals surface area contributed by atoms with Gasteiger partial charge in [-0.05, 0) is 18.2 Å². The molecule has 65 valence electrons. The molecule has 3 nitrogen and oxygen atoms in total. The van der Waals surface area contributed by atoms with Gasteiger partial charge in [0.15, 0.2) is 5.51 Å². The number of benzene rings is 1. The van der Waals surface area contributed by atoms with Gasteiger partial charge in [0.05, 0.1) is 22.9 Å². The van der Waals surface area contributed by atoms with Crippen LogP contribution < -0.4 is 0 Å². The van der Waals surface area contributed by atoms with E-state index in [4.69, 9.17) is 0 Å². The standard InChI is InChI=1S/C9H6NO2S/c1-12-9(11)6-2-3-8-7(4-6)10-5-13-8/h2-4H,1H3. The number of ether oxygens (including phenoxy) is 1. The summed E-state index contributed by atoms with van der Waals surface area (Å²) in [5, 5.41) is 0. The second kappa shape index (κ2) is 3.14. The molecule has 0 amide bonds. The van der Waals surface area contributed by atoms with Gasteiger partial charge in [-0.15, -0.1) is 11.3 Å². The van der Waals surface area contributed by atoms with Crippen molar-refractivity contribution in [2.45, 2.75) is 0 Å². The lowest BCUT2D eigenvalue weighted by Gasteiger charge is -1.97. The van der Waals surface area contributed by atoms with E-state index in [0.29, 0.717) is 5.56 Å². The van der Waals surface area contributed by atoms with Crippen molar-refractivity contribution >= 4 is 27.5 Å². The molecule has 1 heterocycles. The first-order valence-electron chi connectivity index (χ1n) is 3.66. The Kier molecular flexibility index (Phi) is 1.98. The number of hydrogen-bond donors (Lipinski definition) is 0. The highest BCUT2D eigenvalue weighted by Crippen LogP contribution is 2.18. The summed E-state index contributed by atoms with van der Waals surface area (Å²) in [5.74, 6) is -0.338. The molecule has 0 unspecified atom stereocenters. The number of hydrogen-bond acceptors (Lipinski definition) is 4. The summed E-state index contributed by atoms with van der Waals surface area (Å²) in [6, 6.07) is 5.27. The lowest BCUT2D eigenvalue weighted by Crippen LogP contribution is -2.00. The lowest BCUT2D eigenvalue weighted by molar-refractivity contribution is 0.0601. The second-order valence-corrected chi connectivity index (χ2v) is 3.31. The number of aromatic nitrogens is 1. The van der Waals surface area contributed by atoms with Gasteiger partial charge in [-0.25, -0.2) is 9.78 Å². The minimum atomic E-state index is -0.338. The Labute approximate surface area is 79.0 Å². The Morgan fingerprint density at radius 3 is 3.23 bits per heavy atom. The van der Waals surface area contributed by atoms with Crippen molar-refractivity contribution in [2.24, 2.45) is 0 Å². The SMILES string of the molecule is COC(=O)c1ccc2s[c]nc2c1. The molecule has 13 heavy (non-hydrogen) atoms. The normalized spacial score (nSPS) is 10.2. The highest BCUT2D eigenvalue weighted by molar-refractivity contribution is 7.16. The first kappa shape index (κ1) is 8.19. The van der Waals surface area contributed by atoms with Gasteiger partial charge >= 0.3 is 5.97 Å². The summed E-state index contributed by atoms with van der Waals surface area (Å²) in [4.78, 5) is 15.1. The van der Waals surface area contributed by atoms with Crippen molar-refractivity contribution in [3.05, 3.63) is 29.3 Å². The molecule has 0 aliphatic heterocycles. The van der Waals surface area contributed by atoms with Crippen LogP contribution in [0.15, 0.2) is 18.2 Å². The van der Waals surface area contributed by atoms with Crippen LogP contribution in [0.5, 0.6) is 0 Å². The summed E-state index contributed by atoms with van der Waals surface area (Å²) in [5.41, 5.74) is 4.07. The predicted octanol–water partition coefficient (Wildman–Crippen LogP) is 1.88. The lowest BCUT2D eigenvalue weighted by atomic mass is 10.2. The number of esters is 1. The van der Waals surface area contributed by atoms with Gasteiger partial charge in [0, 0.05) is 0 Å². The molecule has 1 aromatic carbocycles. The van der Waals surface area contributed by atoms with Crippen LogP contribution in [0, 0.1) is 5.51 Å². The van der Waals surface area contributed by atoms with Crippen LogP contribution in [0.25, 0.3) is 10.2 Å². The predicted molar refractivity (Wildman–Crippen MR) is 49.8 cm³/mol. The Balaban J connectivity index is 2.54. The first-order valence-corrected chi connectivity index (χ1v) is 4.48. The zero-order chi connectivity index (χ0) is 9.26. The molecule has 1 radical (unpaired) electrons. The molecule has 0 spiro atoms. The molecule has 2 aromatic rings. The fourth-order valence-electron chi connectivity index (χ4n) is 1.06. The zero-order valence-corrected chi connectivity index (χ0v) is 7.72. The second-order valence-electron chi connectivity index (χ2n) is 2.48. The average Bonchev–Trinajstić information content (AvgIpc) is 2.63. The van der Waals surface area contributed by atoms with E-state index in [1.165, 1.54) is 18.4 Å². The van der Waals surface area contributed by atoms with Gasteiger partial charge in [0.2, 0.25) is 0 Å². The minimum Gasteiger partial charge on any atom is -0.465 e. The van der Waals surface area contributed by atoms with Crippen LogP contribution >= 0.6 is 11.3 Å². The van der Waals surface area contributed by atoms with Crippen molar-refractivity contribution in [3.63, 3.8) is 0 Å². The monoisotopic (exact) mass is 192 g/mol. The Hall–Kier alpha value is -1.42. The molecule has 0 saturated carbocycles. The number of nitrogens with zero attached hydrogens (tertiary/aromatic N) is 1. The summed E-state index contributed by atoms with van der Waals surface area (Å²) in [6.45, 7) is 0. The minimum absolute atomic E-state index is 0.338. The van der Waals surface area contributed by atoms with Gasteiger partial charge in [-0.2, -0.15) is 0 Å². The van der Waals surface area contributed by atoms with Gasteiger partial charge in [-0.1, -0.05) is 0 Å². The molecule has 2 rings (SSSR count). The maximum atomic E-state index is 11.1. The van der Waals surface area contributed by atoms with Crippen molar-refractivity contribution in [1.29, 1.82) is 0 Å². The maximum absolute atomic E-state index is 11.1. The summed E-state index contributed by atoms with van der Waals surface area (Å²) >= 11 is 1.43. The third-order valence-electron chi connectivity index (χ3n) is 1.70. The molecule has 0 bridgehead atoms. The highest BCUT2D eigenvalue weighted by Gasteiger charge is 2.06. The van der Waals surface area contributed by atoms with Crippen LogP contribution in [0.2, 0.25) is 0 Å². The van der Waals surface area contributed by atoms with E-state index in [1.807, 2.05) is 6.07 Å². The maximum Gasteiger partial charge on any atom is 0.337 e. The molecule has 4 heteroatoms. The molecular weight excluding hydrogens is 186 g/mol. The molecule has 0 saturated heterocycles. The quantitative estimate of drug-likeness (QED) is 0.647. The number of fused-ring (bicyclic) bond motifs is 1. The van der Waals surface area contributed by atoms with Gasteiger partial charge in [-0.3, -0.25) is 0 Å². The third kappa shape index (κ3) is 1.40. The van der Waals surface area contributed by atoms with Gasteiger partial charge in [0.1, 0.15) is 0 Å². The summed E-state index contributed by atoms with van der Waals surface area (Å²) in [6.07, 6.45) is 0. The number of carbonyl (C=O) groups excluding carboxylic acids is 1. The van der Waals surface area contributed by atoms with Crippen LogP contribution in [0.3, 0.4) is 0 Å². The van der Waals surface area contributed by atoms with E-state index in [9.17, 15) is 4.79 Å². The van der Waals surface area contributed by atoms with Gasteiger partial charge in [0.25, 0.3) is 0 Å². The van der Waals surface area contributed by atoms with E-state index in [-0.39, 0.29) is 5.97 Å². The van der Waals surface area contributed by atoms with E-state index in [1.54, 1.807) is 12.1 Å². The smallest absolute Gasteiger partial charge is 0.337 e. The van der Waals surface area contributed by atoms with Crippen molar-refractivity contribution in [3.8, 4) is 0 Å². The molecule has 0 fully saturated rings. The van der Waals surface area contributed by atoms with Crippen LogP contribution in [-0.4, -0.2) is 18.1 Å². The summed E-state index contributed by atoms with van der Waals surface area (Å²) in [7, 11) is 1.36. The van der Waals surface area contributed by atoms with E-state index in [0.717, 1.165) is 10.2 Å². The van der Waals surface area contributed by atoms with Crippen LogP contribution in [0.4, 0.5) is 0 Å². The molecule has 0 aliphatic rings. The fraction of sp³-hybridized carbons (Fsp3) is 0.111. The largest absolute Gasteiger partial charge is 0.465 e. The number of rotatable bonds is 1. The fourth-order valence-corrected chi connectivity index (χ4v) is 1.64. The third-order valence-corrected chi connectivity index (χ3v) is 2.45. The van der Waals surface area contributed by atoms with Crippen LogP contribution in [-0.2, 0) is 4.74 Å². The Bertz CT molecular complexity index is 450. The molecule has 1 aromatic heterocycles. The number of carbonyl (C=O) groups is 1. The van der Waals surface area contributed by atoms with Crippen molar-refractivity contribution in [1.82, 2.24) is 4.98 Å².